The lowest BCUT2D eigenvalue weighted by Gasteiger charge is -2.14. The van der Waals surface area contributed by atoms with Crippen molar-refractivity contribution in [3.63, 3.8) is 0 Å². The average molecular weight is 259 g/mol. The summed E-state index contributed by atoms with van der Waals surface area (Å²) in [6, 6.07) is 0. The van der Waals surface area contributed by atoms with Crippen molar-refractivity contribution >= 4 is 16.8 Å². The molecular formula is C15H27ClO. The maximum atomic E-state index is 11.0. The van der Waals surface area contributed by atoms with Crippen LogP contribution in [-0.4, -0.2) is 5.24 Å². The molecule has 0 aromatic carbocycles. The standard InChI is InChI=1S/C15H27ClO/c16-15(17)13-14-11-9-7-5-3-1-2-4-6-8-10-12-14/h14H,1-13H2. The molecule has 0 spiro atoms. The number of carbonyl (C=O) groups excluding carboxylic acids is 1. The van der Waals surface area contributed by atoms with E-state index in [0.29, 0.717) is 12.3 Å². The summed E-state index contributed by atoms with van der Waals surface area (Å²) in [6.07, 6.45) is 16.7. The first-order chi connectivity index (χ1) is 8.29. The van der Waals surface area contributed by atoms with Gasteiger partial charge in [0.15, 0.2) is 0 Å². The number of hydrogen-bond donors (Lipinski definition) is 0. The molecule has 100 valence electrons. The smallest absolute Gasteiger partial charge is 0.221 e. The molecule has 17 heavy (non-hydrogen) atoms. The van der Waals surface area contributed by atoms with Gasteiger partial charge in [0.05, 0.1) is 0 Å². The van der Waals surface area contributed by atoms with E-state index < -0.39 is 0 Å². The zero-order valence-electron chi connectivity index (χ0n) is 11.1. The van der Waals surface area contributed by atoms with E-state index in [2.05, 4.69) is 0 Å². The summed E-state index contributed by atoms with van der Waals surface area (Å²) in [7, 11) is 0. The highest BCUT2D eigenvalue weighted by atomic mass is 35.5. The van der Waals surface area contributed by atoms with Crippen LogP contribution in [0.5, 0.6) is 0 Å². The van der Waals surface area contributed by atoms with Crippen LogP contribution in [0.2, 0.25) is 0 Å². The van der Waals surface area contributed by atoms with Crippen LogP contribution in [0.1, 0.15) is 83.5 Å². The zero-order valence-corrected chi connectivity index (χ0v) is 11.8. The molecule has 0 N–H and O–H groups in total. The quantitative estimate of drug-likeness (QED) is 0.602. The Morgan fingerprint density at radius 1 is 0.765 bits per heavy atom. The summed E-state index contributed by atoms with van der Waals surface area (Å²) in [5.41, 5.74) is 0. The second kappa shape index (κ2) is 9.94. The topological polar surface area (TPSA) is 17.1 Å². The minimum atomic E-state index is -0.140. The SMILES string of the molecule is O=C(Cl)CC1CCCCCCCCCCCC1. The Balaban J connectivity index is 2.28. The summed E-state index contributed by atoms with van der Waals surface area (Å²) in [4.78, 5) is 11.0. The first-order valence-electron chi connectivity index (χ1n) is 7.47. The third-order valence-corrected chi connectivity index (χ3v) is 4.08. The molecule has 0 radical (unpaired) electrons. The molecule has 0 aromatic heterocycles. The second-order valence-electron chi connectivity index (χ2n) is 5.54. The van der Waals surface area contributed by atoms with Gasteiger partial charge in [0, 0.05) is 6.42 Å². The maximum Gasteiger partial charge on any atom is 0.221 e. The van der Waals surface area contributed by atoms with Crippen molar-refractivity contribution in [3.05, 3.63) is 0 Å². The van der Waals surface area contributed by atoms with Crippen LogP contribution >= 0.6 is 11.6 Å². The first kappa shape index (κ1) is 15.0. The molecule has 0 amide bonds. The van der Waals surface area contributed by atoms with Gasteiger partial charge in [0.2, 0.25) is 5.24 Å². The molecule has 0 bridgehead atoms. The first-order valence-corrected chi connectivity index (χ1v) is 7.85. The third-order valence-electron chi connectivity index (χ3n) is 3.92. The van der Waals surface area contributed by atoms with E-state index in [4.69, 9.17) is 11.6 Å². The average Bonchev–Trinajstić information content (AvgIpc) is 2.30. The van der Waals surface area contributed by atoms with Crippen molar-refractivity contribution in [2.24, 2.45) is 5.92 Å². The minimum Gasteiger partial charge on any atom is -0.281 e. The fourth-order valence-corrected chi connectivity index (χ4v) is 3.07. The van der Waals surface area contributed by atoms with Crippen molar-refractivity contribution in [2.45, 2.75) is 83.5 Å². The molecule has 1 nitrogen and oxygen atoms in total. The van der Waals surface area contributed by atoms with Crippen LogP contribution in [0, 0.1) is 5.92 Å². The minimum absolute atomic E-state index is 0.140. The summed E-state index contributed by atoms with van der Waals surface area (Å²) in [5.74, 6) is 0.556. The Bertz CT molecular complexity index is 189. The van der Waals surface area contributed by atoms with E-state index in [9.17, 15) is 4.79 Å². The van der Waals surface area contributed by atoms with Gasteiger partial charge in [-0.2, -0.15) is 0 Å². The molecule has 0 aliphatic heterocycles. The van der Waals surface area contributed by atoms with Crippen LogP contribution in [0.3, 0.4) is 0 Å². The highest BCUT2D eigenvalue weighted by molar-refractivity contribution is 6.63. The molecule has 0 aromatic rings. The maximum absolute atomic E-state index is 11.0. The van der Waals surface area contributed by atoms with Gasteiger partial charge < -0.3 is 0 Å². The van der Waals surface area contributed by atoms with E-state index in [1.165, 1.54) is 77.0 Å². The number of hydrogen-bond acceptors (Lipinski definition) is 1. The van der Waals surface area contributed by atoms with E-state index in [1.807, 2.05) is 0 Å². The molecule has 1 aliphatic rings. The highest BCUT2D eigenvalue weighted by Crippen LogP contribution is 2.23. The van der Waals surface area contributed by atoms with E-state index >= 15 is 0 Å². The van der Waals surface area contributed by atoms with E-state index in [0.717, 1.165) is 0 Å². The molecule has 1 rings (SSSR count). The highest BCUT2D eigenvalue weighted by Gasteiger charge is 2.12. The number of carbonyl (C=O) groups is 1. The number of halogens is 1. The number of rotatable bonds is 2. The second-order valence-corrected chi connectivity index (χ2v) is 5.96. The Labute approximate surface area is 111 Å². The van der Waals surface area contributed by atoms with Crippen LogP contribution in [-0.2, 0) is 4.79 Å². The fourth-order valence-electron chi connectivity index (χ4n) is 2.86. The molecule has 1 saturated carbocycles. The van der Waals surface area contributed by atoms with Crippen molar-refractivity contribution in [1.82, 2.24) is 0 Å². The van der Waals surface area contributed by atoms with Crippen molar-refractivity contribution < 1.29 is 4.79 Å². The van der Waals surface area contributed by atoms with E-state index in [1.54, 1.807) is 0 Å². The summed E-state index contributed by atoms with van der Waals surface area (Å²) in [5, 5.41) is -0.140. The van der Waals surface area contributed by atoms with Gasteiger partial charge in [0.1, 0.15) is 0 Å². The summed E-state index contributed by atoms with van der Waals surface area (Å²) < 4.78 is 0. The molecule has 0 unspecified atom stereocenters. The Morgan fingerprint density at radius 3 is 1.47 bits per heavy atom. The molecule has 0 atom stereocenters. The van der Waals surface area contributed by atoms with E-state index in [-0.39, 0.29) is 5.24 Å². The summed E-state index contributed by atoms with van der Waals surface area (Å²) >= 11 is 5.52. The lowest BCUT2D eigenvalue weighted by atomic mass is 9.92. The molecular weight excluding hydrogens is 232 g/mol. The van der Waals surface area contributed by atoms with Gasteiger partial charge >= 0.3 is 0 Å². The fraction of sp³-hybridized carbons (Fsp3) is 0.933. The van der Waals surface area contributed by atoms with Crippen molar-refractivity contribution in [1.29, 1.82) is 0 Å². The van der Waals surface area contributed by atoms with Gasteiger partial charge in [-0.3, -0.25) is 4.79 Å². The van der Waals surface area contributed by atoms with Crippen LogP contribution < -0.4 is 0 Å². The Kier molecular flexibility index (Phi) is 8.78. The lowest BCUT2D eigenvalue weighted by Crippen LogP contribution is -2.05. The normalized spacial score (nSPS) is 22.2. The van der Waals surface area contributed by atoms with Gasteiger partial charge in [-0.25, -0.2) is 0 Å². The molecule has 1 fully saturated rings. The summed E-state index contributed by atoms with van der Waals surface area (Å²) in [6.45, 7) is 0. The van der Waals surface area contributed by atoms with Crippen molar-refractivity contribution in [2.75, 3.05) is 0 Å². The third kappa shape index (κ3) is 8.65. The molecule has 0 heterocycles. The van der Waals surface area contributed by atoms with Crippen LogP contribution in [0.25, 0.3) is 0 Å². The predicted molar refractivity (Wildman–Crippen MR) is 74.4 cm³/mol. The van der Waals surface area contributed by atoms with Crippen LogP contribution in [0.15, 0.2) is 0 Å². The molecule has 1 aliphatic carbocycles. The molecule has 2 heteroatoms. The lowest BCUT2D eigenvalue weighted by molar-refractivity contribution is -0.112. The Morgan fingerprint density at radius 2 is 1.12 bits per heavy atom. The largest absolute Gasteiger partial charge is 0.281 e. The Hall–Kier alpha value is -0.0400. The van der Waals surface area contributed by atoms with Gasteiger partial charge in [0.25, 0.3) is 0 Å². The monoisotopic (exact) mass is 258 g/mol. The molecule has 0 saturated heterocycles. The van der Waals surface area contributed by atoms with Crippen LogP contribution in [0.4, 0.5) is 0 Å². The van der Waals surface area contributed by atoms with Gasteiger partial charge in [-0.05, 0) is 30.4 Å². The van der Waals surface area contributed by atoms with Gasteiger partial charge in [-0.15, -0.1) is 0 Å². The van der Waals surface area contributed by atoms with Crippen molar-refractivity contribution in [3.8, 4) is 0 Å². The zero-order chi connectivity index (χ0) is 12.3. The van der Waals surface area contributed by atoms with Gasteiger partial charge in [-0.1, -0.05) is 64.2 Å². The predicted octanol–water partition coefficient (Wildman–Crippen LogP) is 5.45.